The quantitative estimate of drug-likeness (QED) is 0.590. The fraction of sp³-hybridized carbons (Fsp3) is 0. The van der Waals surface area contributed by atoms with Crippen molar-refractivity contribution in [3.63, 3.8) is 0 Å². The Hall–Kier alpha value is -1.56. The average molecular weight is 270 g/mol. The second-order valence-electron chi connectivity index (χ2n) is 3.16. The third kappa shape index (κ3) is 2.97. The maximum absolute atomic E-state index is 6.02. The first-order valence-corrected chi connectivity index (χ1v) is 5.46. The van der Waals surface area contributed by atoms with Crippen LogP contribution in [0, 0.1) is 0 Å². The van der Waals surface area contributed by atoms with E-state index in [0.29, 0.717) is 27.5 Å². The molecule has 4 N–H and O–H groups in total. The molecule has 7 heteroatoms. The Balaban J connectivity index is 2.25. The van der Waals surface area contributed by atoms with E-state index < -0.39 is 0 Å². The zero-order valence-electron chi connectivity index (χ0n) is 8.61. The molecule has 5 nitrogen and oxygen atoms in total. The first-order valence-electron chi connectivity index (χ1n) is 4.71. The van der Waals surface area contributed by atoms with Gasteiger partial charge in [-0.2, -0.15) is 4.98 Å². The van der Waals surface area contributed by atoms with E-state index in [9.17, 15) is 0 Å². The summed E-state index contributed by atoms with van der Waals surface area (Å²) in [6.07, 6.45) is 1.58. The summed E-state index contributed by atoms with van der Waals surface area (Å²) in [7, 11) is 0. The summed E-state index contributed by atoms with van der Waals surface area (Å²) < 4.78 is 0. The third-order valence-electron chi connectivity index (χ3n) is 1.98. The van der Waals surface area contributed by atoms with Gasteiger partial charge in [0.2, 0.25) is 5.95 Å². The largest absolute Gasteiger partial charge is 0.339 e. The van der Waals surface area contributed by atoms with Crippen molar-refractivity contribution in [2.24, 2.45) is 5.84 Å². The lowest BCUT2D eigenvalue weighted by molar-refractivity contribution is 1.12. The van der Waals surface area contributed by atoms with E-state index in [4.69, 9.17) is 29.0 Å². The number of nitrogens with one attached hydrogen (secondary N) is 2. The van der Waals surface area contributed by atoms with Crippen molar-refractivity contribution in [2.75, 3.05) is 10.7 Å². The molecule has 0 saturated heterocycles. The molecule has 2 aromatic rings. The number of hydrogen-bond donors (Lipinski definition) is 3. The summed E-state index contributed by atoms with van der Waals surface area (Å²) in [5, 5.41) is 4.13. The van der Waals surface area contributed by atoms with Crippen molar-refractivity contribution in [2.45, 2.75) is 0 Å². The summed E-state index contributed by atoms with van der Waals surface area (Å²) in [5.74, 6) is 6.12. The summed E-state index contributed by atoms with van der Waals surface area (Å²) >= 11 is 11.8. The van der Waals surface area contributed by atoms with Crippen LogP contribution in [-0.2, 0) is 0 Å². The Bertz CT molecular complexity index is 532. The van der Waals surface area contributed by atoms with Crippen molar-refractivity contribution in [1.82, 2.24) is 9.97 Å². The van der Waals surface area contributed by atoms with Crippen LogP contribution >= 0.6 is 23.2 Å². The van der Waals surface area contributed by atoms with Gasteiger partial charge in [-0.1, -0.05) is 23.2 Å². The number of nitrogens with zero attached hydrogens (tertiary/aromatic N) is 2. The molecule has 0 saturated carbocycles. The van der Waals surface area contributed by atoms with Gasteiger partial charge in [-0.15, -0.1) is 0 Å². The highest BCUT2D eigenvalue weighted by Gasteiger charge is 2.03. The number of anilines is 3. The maximum atomic E-state index is 6.02. The zero-order chi connectivity index (χ0) is 12.3. The minimum atomic E-state index is 0.320. The minimum Gasteiger partial charge on any atom is -0.339 e. The summed E-state index contributed by atoms with van der Waals surface area (Å²) in [5.41, 5.74) is 3.07. The van der Waals surface area contributed by atoms with Crippen LogP contribution in [0.3, 0.4) is 0 Å². The van der Waals surface area contributed by atoms with Crippen molar-refractivity contribution < 1.29 is 0 Å². The molecule has 1 aromatic carbocycles. The molecule has 0 fully saturated rings. The van der Waals surface area contributed by atoms with Crippen LogP contribution in [0.15, 0.2) is 30.5 Å². The molecular formula is C10H9Cl2N5. The van der Waals surface area contributed by atoms with E-state index in [1.54, 1.807) is 30.5 Å². The fourth-order valence-corrected chi connectivity index (χ4v) is 1.68. The van der Waals surface area contributed by atoms with Crippen LogP contribution in [0.1, 0.15) is 0 Å². The molecule has 0 aliphatic rings. The molecular weight excluding hydrogens is 261 g/mol. The van der Waals surface area contributed by atoms with Gasteiger partial charge in [-0.25, -0.2) is 10.8 Å². The molecule has 0 aliphatic heterocycles. The maximum Gasteiger partial charge on any atom is 0.239 e. The summed E-state index contributed by atoms with van der Waals surface area (Å²) in [6, 6.07) is 6.85. The third-order valence-corrected chi connectivity index (χ3v) is 2.53. The van der Waals surface area contributed by atoms with Crippen LogP contribution in [-0.4, -0.2) is 9.97 Å². The molecule has 0 bridgehead atoms. The van der Waals surface area contributed by atoms with E-state index in [0.717, 1.165) is 0 Å². The number of nitrogen functional groups attached to an aromatic ring is 1. The van der Waals surface area contributed by atoms with Crippen molar-refractivity contribution in [3.8, 4) is 0 Å². The highest BCUT2D eigenvalue weighted by Crippen LogP contribution is 2.27. The standard InChI is InChI=1S/C10H9Cl2N5/c11-6-1-2-8(7(12)5-6)15-9-3-4-14-10(16-9)17-13/h1-5H,13H2,(H2,14,15,16,17). The van der Waals surface area contributed by atoms with Crippen LogP contribution in [0.4, 0.5) is 17.5 Å². The summed E-state index contributed by atoms with van der Waals surface area (Å²) in [4.78, 5) is 7.99. The average Bonchev–Trinajstić information content (AvgIpc) is 2.33. The van der Waals surface area contributed by atoms with Crippen LogP contribution in [0.5, 0.6) is 0 Å². The first-order chi connectivity index (χ1) is 8.19. The SMILES string of the molecule is NNc1nccc(Nc2ccc(Cl)cc2Cl)n1. The smallest absolute Gasteiger partial charge is 0.239 e. The molecule has 88 valence electrons. The second kappa shape index (κ2) is 5.18. The highest BCUT2D eigenvalue weighted by molar-refractivity contribution is 6.36. The predicted octanol–water partition coefficient (Wildman–Crippen LogP) is 2.81. The number of benzene rings is 1. The fourth-order valence-electron chi connectivity index (χ4n) is 1.23. The molecule has 0 amide bonds. The number of rotatable bonds is 3. The molecule has 0 aliphatic carbocycles. The second-order valence-corrected chi connectivity index (χ2v) is 4.00. The number of aromatic nitrogens is 2. The van der Waals surface area contributed by atoms with Gasteiger partial charge in [0.25, 0.3) is 0 Å². The zero-order valence-corrected chi connectivity index (χ0v) is 10.1. The molecule has 17 heavy (non-hydrogen) atoms. The molecule has 1 heterocycles. The molecule has 0 unspecified atom stereocenters. The number of hydrogen-bond acceptors (Lipinski definition) is 5. The van der Waals surface area contributed by atoms with Crippen LogP contribution in [0.2, 0.25) is 10.0 Å². The van der Waals surface area contributed by atoms with Gasteiger partial charge in [0.15, 0.2) is 0 Å². The Morgan fingerprint density at radius 1 is 1.18 bits per heavy atom. The van der Waals surface area contributed by atoms with Crippen LogP contribution in [0.25, 0.3) is 0 Å². The van der Waals surface area contributed by atoms with E-state index in [1.165, 1.54) is 0 Å². The number of halogens is 2. The Morgan fingerprint density at radius 3 is 2.71 bits per heavy atom. The molecule has 2 rings (SSSR count). The molecule has 0 atom stereocenters. The number of nitrogens with two attached hydrogens (primary N) is 1. The van der Waals surface area contributed by atoms with Gasteiger partial charge >= 0.3 is 0 Å². The monoisotopic (exact) mass is 269 g/mol. The Labute approximate surface area is 108 Å². The van der Waals surface area contributed by atoms with Crippen LogP contribution < -0.4 is 16.6 Å². The van der Waals surface area contributed by atoms with Crippen molar-refractivity contribution >= 4 is 40.7 Å². The predicted molar refractivity (Wildman–Crippen MR) is 69.6 cm³/mol. The van der Waals surface area contributed by atoms with Gasteiger partial charge in [-0.05, 0) is 24.3 Å². The lowest BCUT2D eigenvalue weighted by Gasteiger charge is -2.08. The van der Waals surface area contributed by atoms with E-state index in [2.05, 4.69) is 20.7 Å². The Morgan fingerprint density at radius 2 is 2.00 bits per heavy atom. The van der Waals surface area contributed by atoms with Crippen molar-refractivity contribution in [3.05, 3.63) is 40.5 Å². The molecule has 0 spiro atoms. The lowest BCUT2D eigenvalue weighted by Crippen LogP contribution is -2.10. The van der Waals surface area contributed by atoms with Gasteiger partial charge < -0.3 is 5.32 Å². The van der Waals surface area contributed by atoms with E-state index in [1.807, 2.05) is 0 Å². The molecule has 1 aromatic heterocycles. The first kappa shape index (κ1) is 11.9. The van der Waals surface area contributed by atoms with Gasteiger partial charge in [0, 0.05) is 11.2 Å². The minimum absolute atomic E-state index is 0.320. The molecule has 0 radical (unpaired) electrons. The lowest BCUT2D eigenvalue weighted by atomic mass is 10.3. The normalized spacial score (nSPS) is 10.1. The summed E-state index contributed by atoms with van der Waals surface area (Å²) in [6.45, 7) is 0. The topological polar surface area (TPSA) is 75.9 Å². The van der Waals surface area contributed by atoms with Gasteiger partial charge in [0.05, 0.1) is 10.7 Å². The van der Waals surface area contributed by atoms with Gasteiger partial charge in [-0.3, -0.25) is 5.43 Å². The van der Waals surface area contributed by atoms with E-state index >= 15 is 0 Å². The highest BCUT2D eigenvalue weighted by atomic mass is 35.5. The Kier molecular flexibility index (Phi) is 3.63. The van der Waals surface area contributed by atoms with Crippen molar-refractivity contribution in [1.29, 1.82) is 0 Å². The van der Waals surface area contributed by atoms with E-state index in [-0.39, 0.29) is 0 Å². The van der Waals surface area contributed by atoms with Gasteiger partial charge in [0.1, 0.15) is 5.82 Å². The number of hydrazine groups is 1.